The van der Waals surface area contributed by atoms with Gasteiger partial charge in [0.25, 0.3) is 11.8 Å². The molecule has 6 amide bonds. The Hall–Kier alpha value is -3.26. The lowest BCUT2D eigenvalue weighted by molar-refractivity contribution is -0.138. The molecule has 1 fully saturated rings. The number of likely N-dealkylation sites (tertiary alicyclic amines) is 1. The van der Waals surface area contributed by atoms with Crippen molar-refractivity contribution in [3.8, 4) is 0 Å². The second-order valence-electron chi connectivity index (χ2n) is 8.17. The highest BCUT2D eigenvalue weighted by Gasteiger charge is 2.33. The zero-order valence-corrected chi connectivity index (χ0v) is 19.7. The number of hydrogen-bond acceptors (Lipinski definition) is 8. The summed E-state index contributed by atoms with van der Waals surface area (Å²) in [7, 11) is 5.14. The van der Waals surface area contributed by atoms with Crippen molar-refractivity contribution >= 4 is 43.4 Å². The zero-order valence-electron chi connectivity index (χ0n) is 19.7. The van der Waals surface area contributed by atoms with Gasteiger partial charge in [0.15, 0.2) is 0 Å². The summed E-state index contributed by atoms with van der Waals surface area (Å²) in [6.45, 7) is 1.83. The third-order valence-electron chi connectivity index (χ3n) is 5.61. The van der Waals surface area contributed by atoms with Gasteiger partial charge >= 0.3 is 0 Å². The average molecular weight is 490 g/mol. The normalized spacial score (nSPS) is 18.0. The van der Waals surface area contributed by atoms with Gasteiger partial charge in [-0.1, -0.05) is 6.42 Å². The molecule has 2 aliphatic heterocycles. The molecule has 0 spiro atoms. The van der Waals surface area contributed by atoms with Crippen molar-refractivity contribution in [2.45, 2.75) is 57.5 Å². The van der Waals surface area contributed by atoms with E-state index >= 15 is 0 Å². The molecule has 13 nitrogen and oxygen atoms in total. The zero-order chi connectivity index (χ0) is 25.8. The third kappa shape index (κ3) is 8.79. The van der Waals surface area contributed by atoms with Crippen LogP contribution in [0.3, 0.4) is 0 Å². The Labute approximate surface area is 204 Å². The van der Waals surface area contributed by atoms with Gasteiger partial charge in [0.2, 0.25) is 31.6 Å². The van der Waals surface area contributed by atoms with Gasteiger partial charge in [-0.3, -0.25) is 38.5 Å². The van der Waals surface area contributed by atoms with Gasteiger partial charge in [-0.2, -0.15) is 5.48 Å². The largest absolute Gasteiger partial charge is 0.407 e. The van der Waals surface area contributed by atoms with E-state index in [4.69, 9.17) is 12.8 Å². The van der Waals surface area contributed by atoms with Crippen LogP contribution in [0, 0.1) is 0 Å². The standard InChI is InChI=1S/C21H31BN6O7/c1-14(20(33)23-12-19(32)27-11-5-6-15(27)21(34)25-22)26-35-13-24-16(29)7-3-2-4-10-28-17(30)8-9-18(28)31/h8-9,14-15,26H,2-7,10-13H2,1H3,(H,23,33)(H,24,29)(H,25,34). The van der Waals surface area contributed by atoms with Crippen molar-refractivity contribution < 1.29 is 33.6 Å². The van der Waals surface area contributed by atoms with E-state index < -0.39 is 23.9 Å². The van der Waals surface area contributed by atoms with E-state index in [2.05, 4.69) is 16.1 Å². The molecule has 1 saturated heterocycles. The SMILES string of the molecule is [B]NC(=O)C1CCCN1C(=O)CNC(=O)C(C)NOCNC(=O)CCCCCN1C(=O)C=CC1=O. The van der Waals surface area contributed by atoms with Crippen LogP contribution >= 0.6 is 0 Å². The van der Waals surface area contributed by atoms with E-state index in [9.17, 15) is 28.8 Å². The Kier molecular flexibility index (Phi) is 11.4. The van der Waals surface area contributed by atoms with Crippen molar-refractivity contribution in [1.29, 1.82) is 0 Å². The minimum absolute atomic E-state index is 0.165. The molecule has 35 heavy (non-hydrogen) atoms. The maximum Gasteiger partial charge on any atom is 0.253 e. The molecule has 0 bridgehead atoms. The van der Waals surface area contributed by atoms with E-state index in [0.29, 0.717) is 45.2 Å². The molecule has 190 valence electrons. The number of imide groups is 1. The number of hydroxylamine groups is 1. The van der Waals surface area contributed by atoms with Crippen LogP contribution in [-0.2, 0) is 33.6 Å². The fraction of sp³-hybridized carbons (Fsp3) is 0.619. The number of amides is 6. The minimum atomic E-state index is -0.799. The van der Waals surface area contributed by atoms with Gasteiger partial charge in [-0.15, -0.1) is 0 Å². The molecular weight excluding hydrogens is 459 g/mol. The highest BCUT2D eigenvalue weighted by atomic mass is 16.7. The summed E-state index contributed by atoms with van der Waals surface area (Å²) < 4.78 is 0. The van der Waals surface area contributed by atoms with Crippen LogP contribution < -0.4 is 21.3 Å². The number of carbonyl (C=O) groups excluding carboxylic acids is 6. The van der Waals surface area contributed by atoms with Crippen LogP contribution in [-0.4, -0.2) is 91.7 Å². The first-order chi connectivity index (χ1) is 16.7. The van der Waals surface area contributed by atoms with Gasteiger partial charge in [-0.25, -0.2) is 0 Å². The molecule has 0 aliphatic carbocycles. The summed E-state index contributed by atoms with van der Waals surface area (Å²) in [5.41, 5.74) is 2.48. The molecule has 2 heterocycles. The maximum absolute atomic E-state index is 12.3. The lowest BCUT2D eigenvalue weighted by Crippen LogP contribution is -2.50. The fourth-order valence-electron chi connectivity index (χ4n) is 3.66. The molecule has 2 unspecified atom stereocenters. The van der Waals surface area contributed by atoms with Crippen molar-refractivity contribution in [2.75, 3.05) is 26.4 Å². The first-order valence-corrected chi connectivity index (χ1v) is 11.5. The van der Waals surface area contributed by atoms with Gasteiger partial charge in [0, 0.05) is 31.7 Å². The lowest BCUT2D eigenvalue weighted by Gasteiger charge is -2.24. The van der Waals surface area contributed by atoms with Crippen molar-refractivity contribution in [3.63, 3.8) is 0 Å². The lowest BCUT2D eigenvalue weighted by atomic mass is 10.2. The highest BCUT2D eigenvalue weighted by Crippen LogP contribution is 2.17. The predicted molar refractivity (Wildman–Crippen MR) is 123 cm³/mol. The molecule has 4 N–H and O–H groups in total. The van der Waals surface area contributed by atoms with Crippen LogP contribution in [0.4, 0.5) is 0 Å². The average Bonchev–Trinajstić information content (AvgIpc) is 3.46. The van der Waals surface area contributed by atoms with E-state index in [1.807, 2.05) is 5.23 Å². The number of nitrogens with zero attached hydrogens (tertiary/aromatic N) is 2. The first-order valence-electron chi connectivity index (χ1n) is 11.5. The number of rotatable bonds is 14. The molecule has 2 atom stereocenters. The molecule has 14 heteroatoms. The van der Waals surface area contributed by atoms with Crippen LogP contribution in [0.25, 0.3) is 0 Å². The molecule has 2 aliphatic rings. The third-order valence-corrected chi connectivity index (χ3v) is 5.61. The van der Waals surface area contributed by atoms with Crippen molar-refractivity contribution in [2.24, 2.45) is 0 Å². The Bertz CT molecular complexity index is 834. The molecule has 0 aromatic rings. The summed E-state index contributed by atoms with van der Waals surface area (Å²) in [4.78, 5) is 78.5. The Morgan fingerprint density at radius 1 is 1.11 bits per heavy atom. The highest BCUT2D eigenvalue weighted by molar-refractivity contribution is 6.15. The monoisotopic (exact) mass is 490 g/mol. The predicted octanol–water partition coefficient (Wildman–Crippen LogP) is -2.24. The smallest absolute Gasteiger partial charge is 0.253 e. The Morgan fingerprint density at radius 2 is 1.83 bits per heavy atom. The number of hydrogen-bond donors (Lipinski definition) is 4. The van der Waals surface area contributed by atoms with Gasteiger partial charge in [0.05, 0.1) is 6.54 Å². The first kappa shape index (κ1) is 28.0. The molecule has 0 aromatic heterocycles. The summed E-state index contributed by atoms with van der Waals surface area (Å²) in [5.74, 6) is -2.20. The molecule has 2 radical (unpaired) electrons. The summed E-state index contributed by atoms with van der Waals surface area (Å²) in [6, 6.07) is -1.44. The van der Waals surface area contributed by atoms with Gasteiger partial charge in [0.1, 0.15) is 18.8 Å². The maximum atomic E-state index is 12.3. The number of unbranched alkanes of at least 4 members (excludes halogenated alkanes) is 2. The van der Waals surface area contributed by atoms with Crippen LogP contribution in [0.1, 0.15) is 45.4 Å². The molecule has 2 rings (SSSR count). The number of carbonyl (C=O) groups is 6. The van der Waals surface area contributed by atoms with E-state index in [1.54, 1.807) is 0 Å². The van der Waals surface area contributed by atoms with Crippen LogP contribution in [0.5, 0.6) is 0 Å². The van der Waals surface area contributed by atoms with E-state index in [1.165, 1.54) is 24.0 Å². The molecule has 0 aromatic carbocycles. The minimum Gasteiger partial charge on any atom is -0.407 e. The van der Waals surface area contributed by atoms with Crippen molar-refractivity contribution in [3.05, 3.63) is 12.2 Å². The van der Waals surface area contributed by atoms with Gasteiger partial charge < -0.3 is 20.8 Å². The van der Waals surface area contributed by atoms with E-state index in [0.717, 1.165) is 4.90 Å². The fourth-order valence-corrected chi connectivity index (χ4v) is 3.66. The summed E-state index contributed by atoms with van der Waals surface area (Å²) in [5, 5.41) is 7.06. The second-order valence-corrected chi connectivity index (χ2v) is 8.17. The summed E-state index contributed by atoms with van der Waals surface area (Å²) >= 11 is 0. The Morgan fingerprint density at radius 3 is 2.51 bits per heavy atom. The van der Waals surface area contributed by atoms with E-state index in [-0.39, 0.29) is 43.3 Å². The van der Waals surface area contributed by atoms with Crippen LogP contribution in [0.15, 0.2) is 12.2 Å². The van der Waals surface area contributed by atoms with Gasteiger partial charge in [-0.05, 0) is 32.6 Å². The Balaban J connectivity index is 1.51. The van der Waals surface area contributed by atoms with Crippen molar-refractivity contribution in [1.82, 2.24) is 31.1 Å². The second kappa shape index (κ2) is 14.2. The summed E-state index contributed by atoms with van der Waals surface area (Å²) in [6.07, 6.45) is 5.78. The quantitative estimate of drug-likeness (QED) is 0.0698. The molecular formula is C21H31BN6O7. The molecule has 0 saturated carbocycles. The number of nitrogens with one attached hydrogen (secondary N) is 4. The topological polar surface area (TPSA) is 166 Å². The van der Waals surface area contributed by atoms with Crippen LogP contribution in [0.2, 0.25) is 0 Å².